The molecule has 1 aliphatic heterocycles. The molecule has 2 N–H and O–H groups in total. The van der Waals surface area contributed by atoms with Crippen LogP contribution in [0.1, 0.15) is 30.3 Å². The Morgan fingerprint density at radius 3 is 2.80 bits per heavy atom. The summed E-state index contributed by atoms with van der Waals surface area (Å²) in [5.41, 5.74) is 0.855. The van der Waals surface area contributed by atoms with Gasteiger partial charge in [-0.15, -0.1) is 17.5 Å². The molecular formula is C16H22ClFN6O. The van der Waals surface area contributed by atoms with Crippen LogP contribution in [0.5, 0.6) is 0 Å². The minimum Gasteiger partial charge on any atom is -0.350 e. The van der Waals surface area contributed by atoms with Crippen LogP contribution in [0.3, 0.4) is 0 Å². The smallest absolute Gasteiger partial charge is 0.245 e. The van der Waals surface area contributed by atoms with Gasteiger partial charge in [-0.25, -0.2) is 9.07 Å². The number of nitrogens with zero attached hydrogens (tertiary/aromatic N) is 4. The summed E-state index contributed by atoms with van der Waals surface area (Å²) in [5, 5.41) is 17.8. The van der Waals surface area contributed by atoms with Crippen molar-refractivity contribution in [1.82, 2.24) is 30.8 Å². The van der Waals surface area contributed by atoms with Gasteiger partial charge in [0.2, 0.25) is 5.91 Å². The molecule has 1 aromatic heterocycles. The van der Waals surface area contributed by atoms with Gasteiger partial charge in [0.25, 0.3) is 0 Å². The van der Waals surface area contributed by atoms with E-state index in [0.717, 1.165) is 31.5 Å². The highest BCUT2D eigenvalue weighted by Gasteiger charge is 2.26. The molecule has 0 saturated carbocycles. The van der Waals surface area contributed by atoms with E-state index in [1.165, 1.54) is 16.8 Å². The van der Waals surface area contributed by atoms with Crippen molar-refractivity contribution in [2.24, 2.45) is 0 Å². The number of carbonyl (C=O) groups is 1. The van der Waals surface area contributed by atoms with Gasteiger partial charge < -0.3 is 10.6 Å². The summed E-state index contributed by atoms with van der Waals surface area (Å²) in [7, 11) is 0. The van der Waals surface area contributed by atoms with E-state index in [4.69, 9.17) is 0 Å². The molecule has 0 radical (unpaired) electrons. The molecule has 0 bridgehead atoms. The summed E-state index contributed by atoms with van der Waals surface area (Å²) in [4.78, 5) is 12.8. The van der Waals surface area contributed by atoms with Gasteiger partial charge in [0, 0.05) is 19.0 Å². The Hall–Kier alpha value is -2.06. The van der Waals surface area contributed by atoms with Crippen LogP contribution in [0.4, 0.5) is 4.39 Å². The zero-order valence-electron chi connectivity index (χ0n) is 14.0. The molecule has 1 fully saturated rings. The lowest BCUT2D eigenvalue weighted by atomic mass is 10.0. The van der Waals surface area contributed by atoms with Crippen molar-refractivity contribution in [2.45, 2.75) is 38.3 Å². The van der Waals surface area contributed by atoms with Crippen LogP contribution in [0.2, 0.25) is 0 Å². The van der Waals surface area contributed by atoms with Gasteiger partial charge in [0.15, 0.2) is 0 Å². The number of piperidine rings is 1. The SMILES string of the molecule is Cc1nnnn1C(Cc1ccc(F)cc1)C(=O)NC1CCCNC1.Cl. The highest BCUT2D eigenvalue weighted by atomic mass is 35.5. The molecule has 3 rings (SSSR count). The summed E-state index contributed by atoms with van der Waals surface area (Å²) in [6, 6.07) is 5.68. The number of hydrogen-bond acceptors (Lipinski definition) is 5. The fourth-order valence-electron chi connectivity index (χ4n) is 2.93. The fourth-order valence-corrected chi connectivity index (χ4v) is 2.93. The third kappa shape index (κ3) is 4.96. The van der Waals surface area contributed by atoms with E-state index in [1.54, 1.807) is 19.1 Å². The van der Waals surface area contributed by atoms with E-state index >= 15 is 0 Å². The predicted molar refractivity (Wildman–Crippen MR) is 93.0 cm³/mol. The predicted octanol–water partition coefficient (Wildman–Crippen LogP) is 1.19. The molecule has 25 heavy (non-hydrogen) atoms. The summed E-state index contributed by atoms with van der Waals surface area (Å²) in [6.45, 7) is 3.51. The minimum absolute atomic E-state index is 0. The summed E-state index contributed by atoms with van der Waals surface area (Å²) in [6.07, 6.45) is 2.40. The molecular weight excluding hydrogens is 347 g/mol. The number of nitrogens with one attached hydrogen (secondary N) is 2. The maximum atomic E-state index is 13.1. The number of benzene rings is 1. The highest BCUT2D eigenvalue weighted by molar-refractivity contribution is 5.85. The number of halogens is 2. The maximum Gasteiger partial charge on any atom is 0.245 e. The normalized spacial score (nSPS) is 18.2. The third-order valence-corrected chi connectivity index (χ3v) is 4.24. The van der Waals surface area contributed by atoms with E-state index in [-0.39, 0.29) is 30.2 Å². The Morgan fingerprint density at radius 1 is 1.44 bits per heavy atom. The van der Waals surface area contributed by atoms with E-state index in [0.29, 0.717) is 12.2 Å². The lowest BCUT2D eigenvalue weighted by Crippen LogP contribution is -2.48. The van der Waals surface area contributed by atoms with E-state index in [1.807, 2.05) is 0 Å². The summed E-state index contributed by atoms with van der Waals surface area (Å²) in [5.74, 6) is 0.147. The van der Waals surface area contributed by atoms with Crippen molar-refractivity contribution in [3.05, 3.63) is 41.5 Å². The molecule has 0 aliphatic carbocycles. The van der Waals surface area contributed by atoms with Crippen molar-refractivity contribution >= 4 is 18.3 Å². The molecule has 7 nitrogen and oxygen atoms in total. The summed E-state index contributed by atoms with van der Waals surface area (Å²) >= 11 is 0. The first-order valence-corrected chi connectivity index (χ1v) is 8.13. The third-order valence-electron chi connectivity index (χ3n) is 4.24. The average Bonchev–Trinajstić information content (AvgIpc) is 3.01. The molecule has 0 spiro atoms. The van der Waals surface area contributed by atoms with Crippen LogP contribution in [0.15, 0.2) is 24.3 Å². The molecule has 1 amide bonds. The van der Waals surface area contributed by atoms with Gasteiger partial charge in [0.1, 0.15) is 17.7 Å². The summed E-state index contributed by atoms with van der Waals surface area (Å²) < 4.78 is 14.6. The van der Waals surface area contributed by atoms with Crippen LogP contribution in [-0.2, 0) is 11.2 Å². The van der Waals surface area contributed by atoms with Crippen LogP contribution >= 0.6 is 12.4 Å². The number of amides is 1. The zero-order chi connectivity index (χ0) is 16.9. The Kier molecular flexibility index (Phi) is 6.83. The molecule has 2 atom stereocenters. The molecule has 1 saturated heterocycles. The molecule has 2 heterocycles. The highest BCUT2D eigenvalue weighted by Crippen LogP contribution is 2.16. The number of carbonyl (C=O) groups excluding carboxylic acids is 1. The number of aryl methyl sites for hydroxylation is 1. The van der Waals surface area contributed by atoms with Crippen LogP contribution in [0.25, 0.3) is 0 Å². The van der Waals surface area contributed by atoms with Gasteiger partial charge in [-0.05, 0) is 54.4 Å². The van der Waals surface area contributed by atoms with Crippen LogP contribution in [0, 0.1) is 12.7 Å². The Bertz CT molecular complexity index is 686. The van der Waals surface area contributed by atoms with Crippen LogP contribution in [-0.4, -0.2) is 45.2 Å². The molecule has 2 unspecified atom stereocenters. The van der Waals surface area contributed by atoms with Crippen molar-refractivity contribution in [3.63, 3.8) is 0 Å². The molecule has 9 heteroatoms. The van der Waals surface area contributed by atoms with E-state index < -0.39 is 6.04 Å². The number of aromatic nitrogens is 4. The second-order valence-electron chi connectivity index (χ2n) is 6.07. The second-order valence-corrected chi connectivity index (χ2v) is 6.07. The standard InChI is InChI=1S/C16H21FN6O.ClH/c1-11-20-21-22-23(11)15(9-12-4-6-13(17)7-5-12)16(24)19-14-3-2-8-18-10-14;/h4-7,14-15,18H,2-3,8-10H2,1H3,(H,19,24);1H. The number of rotatable bonds is 5. The van der Waals surface area contributed by atoms with Crippen LogP contribution < -0.4 is 10.6 Å². The molecule has 2 aromatic rings. The topological polar surface area (TPSA) is 84.7 Å². The van der Waals surface area contributed by atoms with Gasteiger partial charge in [-0.3, -0.25) is 4.79 Å². The Balaban J connectivity index is 0.00000225. The number of tetrazole rings is 1. The first-order chi connectivity index (χ1) is 11.6. The van der Waals surface area contributed by atoms with Gasteiger partial charge in [0.05, 0.1) is 0 Å². The van der Waals surface area contributed by atoms with Gasteiger partial charge in [-0.2, -0.15) is 0 Å². The zero-order valence-corrected chi connectivity index (χ0v) is 14.8. The van der Waals surface area contributed by atoms with Crippen molar-refractivity contribution in [1.29, 1.82) is 0 Å². The van der Waals surface area contributed by atoms with Gasteiger partial charge in [-0.1, -0.05) is 12.1 Å². The Morgan fingerprint density at radius 2 is 2.20 bits per heavy atom. The molecule has 1 aromatic carbocycles. The Labute approximate surface area is 151 Å². The lowest BCUT2D eigenvalue weighted by molar-refractivity contribution is -0.125. The van der Waals surface area contributed by atoms with Crippen molar-refractivity contribution in [3.8, 4) is 0 Å². The monoisotopic (exact) mass is 368 g/mol. The maximum absolute atomic E-state index is 13.1. The number of hydrogen-bond donors (Lipinski definition) is 2. The van der Waals surface area contributed by atoms with Crippen molar-refractivity contribution < 1.29 is 9.18 Å². The molecule has 136 valence electrons. The van der Waals surface area contributed by atoms with Gasteiger partial charge >= 0.3 is 0 Å². The first kappa shape index (κ1) is 19.3. The first-order valence-electron chi connectivity index (χ1n) is 8.13. The fraction of sp³-hybridized carbons (Fsp3) is 0.500. The average molecular weight is 369 g/mol. The minimum atomic E-state index is -0.563. The van der Waals surface area contributed by atoms with Crippen molar-refractivity contribution in [2.75, 3.05) is 13.1 Å². The quantitative estimate of drug-likeness (QED) is 0.828. The largest absolute Gasteiger partial charge is 0.350 e. The lowest BCUT2D eigenvalue weighted by Gasteiger charge is -2.26. The van der Waals surface area contributed by atoms with E-state index in [9.17, 15) is 9.18 Å². The van der Waals surface area contributed by atoms with E-state index in [2.05, 4.69) is 26.2 Å². The second kappa shape index (κ2) is 8.87. The molecule has 1 aliphatic rings.